The van der Waals surface area contributed by atoms with Crippen molar-refractivity contribution >= 4 is 0 Å². The van der Waals surface area contributed by atoms with E-state index in [2.05, 4.69) is 26.1 Å². The Morgan fingerprint density at radius 2 is 2.20 bits per heavy atom. The highest BCUT2D eigenvalue weighted by atomic mass is 16.5. The summed E-state index contributed by atoms with van der Waals surface area (Å²) in [6.45, 7) is 10.1. The molecule has 0 aromatic carbocycles. The van der Waals surface area contributed by atoms with Gasteiger partial charge in [0.25, 0.3) is 0 Å². The van der Waals surface area contributed by atoms with Gasteiger partial charge in [0.2, 0.25) is 0 Å². The summed E-state index contributed by atoms with van der Waals surface area (Å²) in [7, 11) is 0. The van der Waals surface area contributed by atoms with Crippen LogP contribution in [0.25, 0.3) is 0 Å². The summed E-state index contributed by atoms with van der Waals surface area (Å²) in [4.78, 5) is 0. The average Bonchev–Trinajstić information content (AvgIpc) is 2.66. The number of nitrogens with one attached hydrogen (secondary N) is 1. The minimum Gasteiger partial charge on any atom is -0.378 e. The fraction of sp³-hybridized carbons (Fsp3) is 1.00. The largest absolute Gasteiger partial charge is 0.378 e. The van der Waals surface area contributed by atoms with Crippen LogP contribution in [0.3, 0.4) is 0 Å². The lowest BCUT2D eigenvalue weighted by atomic mass is 9.99. The quantitative estimate of drug-likeness (QED) is 0.702. The van der Waals surface area contributed by atoms with Gasteiger partial charge in [0.1, 0.15) is 0 Å². The molecule has 1 heterocycles. The Morgan fingerprint density at radius 1 is 1.40 bits per heavy atom. The van der Waals surface area contributed by atoms with E-state index in [4.69, 9.17) is 4.74 Å². The van der Waals surface area contributed by atoms with Gasteiger partial charge in [0, 0.05) is 13.2 Å². The molecule has 1 aliphatic rings. The smallest absolute Gasteiger partial charge is 0.0613 e. The second-order valence-electron chi connectivity index (χ2n) is 4.92. The van der Waals surface area contributed by atoms with Crippen molar-refractivity contribution in [3.8, 4) is 0 Å². The molecule has 2 heteroatoms. The highest BCUT2D eigenvalue weighted by Gasteiger charge is 2.25. The zero-order valence-corrected chi connectivity index (χ0v) is 10.6. The first-order chi connectivity index (χ1) is 7.27. The van der Waals surface area contributed by atoms with Crippen LogP contribution < -0.4 is 5.32 Å². The van der Waals surface area contributed by atoms with Gasteiger partial charge >= 0.3 is 0 Å². The van der Waals surface area contributed by atoms with Crippen LogP contribution in [0.15, 0.2) is 0 Å². The Labute approximate surface area is 94.8 Å². The highest BCUT2D eigenvalue weighted by Crippen LogP contribution is 2.22. The molecule has 3 unspecified atom stereocenters. The topological polar surface area (TPSA) is 21.3 Å². The van der Waals surface area contributed by atoms with E-state index >= 15 is 0 Å². The lowest BCUT2D eigenvalue weighted by molar-refractivity contribution is 0.0871. The van der Waals surface area contributed by atoms with Crippen molar-refractivity contribution in [2.24, 2.45) is 11.8 Å². The van der Waals surface area contributed by atoms with E-state index in [0.717, 1.165) is 31.4 Å². The van der Waals surface area contributed by atoms with Crippen molar-refractivity contribution < 1.29 is 4.74 Å². The molecule has 0 bridgehead atoms. The van der Waals surface area contributed by atoms with Gasteiger partial charge in [-0.3, -0.25) is 0 Å². The summed E-state index contributed by atoms with van der Waals surface area (Å²) >= 11 is 0. The summed E-state index contributed by atoms with van der Waals surface area (Å²) in [6.07, 6.45) is 5.56. The predicted molar refractivity (Wildman–Crippen MR) is 65.1 cm³/mol. The maximum absolute atomic E-state index is 5.68. The third-order valence-corrected chi connectivity index (χ3v) is 3.43. The molecule has 0 spiro atoms. The summed E-state index contributed by atoms with van der Waals surface area (Å²) in [6, 6.07) is 0. The van der Waals surface area contributed by atoms with Gasteiger partial charge in [-0.05, 0) is 37.6 Å². The predicted octanol–water partition coefficient (Wildman–Crippen LogP) is 2.83. The molecule has 3 atom stereocenters. The van der Waals surface area contributed by atoms with Crippen LogP contribution in [0.5, 0.6) is 0 Å². The lowest BCUT2D eigenvalue weighted by Gasteiger charge is -2.18. The Hall–Kier alpha value is -0.0800. The van der Waals surface area contributed by atoms with E-state index in [9.17, 15) is 0 Å². The lowest BCUT2D eigenvalue weighted by Crippen LogP contribution is -2.31. The minimum absolute atomic E-state index is 0.513. The van der Waals surface area contributed by atoms with Crippen molar-refractivity contribution in [1.82, 2.24) is 5.32 Å². The monoisotopic (exact) mass is 213 g/mol. The molecular formula is C13H27NO. The summed E-state index contributed by atoms with van der Waals surface area (Å²) in [5, 5.41) is 3.60. The molecule has 1 saturated heterocycles. The summed E-state index contributed by atoms with van der Waals surface area (Å²) in [5.41, 5.74) is 0. The zero-order valence-electron chi connectivity index (χ0n) is 10.6. The average molecular weight is 213 g/mol. The molecule has 0 aliphatic carbocycles. The Morgan fingerprint density at radius 3 is 2.87 bits per heavy atom. The standard InChI is InChI=1S/C13H27NO/c1-4-6-11(3)9-14-10-12-7-8-15-13(12)5-2/h11-14H,4-10H2,1-3H3. The van der Waals surface area contributed by atoms with Crippen LogP contribution in [0.1, 0.15) is 46.5 Å². The minimum atomic E-state index is 0.513. The molecular weight excluding hydrogens is 186 g/mol. The zero-order chi connectivity index (χ0) is 11.1. The normalized spacial score (nSPS) is 28.2. The summed E-state index contributed by atoms with van der Waals surface area (Å²) < 4.78 is 5.68. The molecule has 1 fully saturated rings. The highest BCUT2D eigenvalue weighted by molar-refractivity contribution is 4.77. The Kier molecular flexibility index (Phi) is 6.26. The second kappa shape index (κ2) is 7.24. The Balaban J connectivity index is 2.08. The van der Waals surface area contributed by atoms with Gasteiger partial charge in [-0.15, -0.1) is 0 Å². The number of rotatable bonds is 7. The molecule has 0 saturated carbocycles. The molecule has 90 valence electrons. The van der Waals surface area contributed by atoms with Gasteiger partial charge in [-0.25, -0.2) is 0 Å². The van der Waals surface area contributed by atoms with Gasteiger partial charge in [0.05, 0.1) is 6.10 Å². The van der Waals surface area contributed by atoms with Crippen LogP contribution in [-0.2, 0) is 4.74 Å². The van der Waals surface area contributed by atoms with E-state index in [-0.39, 0.29) is 0 Å². The summed E-state index contributed by atoms with van der Waals surface area (Å²) in [5.74, 6) is 1.57. The third-order valence-electron chi connectivity index (χ3n) is 3.43. The molecule has 15 heavy (non-hydrogen) atoms. The third kappa shape index (κ3) is 4.52. The van der Waals surface area contributed by atoms with Crippen molar-refractivity contribution in [2.75, 3.05) is 19.7 Å². The van der Waals surface area contributed by atoms with Crippen molar-refractivity contribution in [1.29, 1.82) is 0 Å². The van der Waals surface area contributed by atoms with Crippen LogP contribution in [0.2, 0.25) is 0 Å². The maximum Gasteiger partial charge on any atom is 0.0613 e. The van der Waals surface area contributed by atoms with E-state index in [1.165, 1.54) is 25.8 Å². The second-order valence-corrected chi connectivity index (χ2v) is 4.92. The number of hydrogen-bond acceptors (Lipinski definition) is 2. The fourth-order valence-electron chi connectivity index (χ4n) is 2.49. The fourth-order valence-corrected chi connectivity index (χ4v) is 2.49. The first-order valence-electron chi connectivity index (χ1n) is 6.60. The molecule has 0 radical (unpaired) electrons. The van der Waals surface area contributed by atoms with Crippen LogP contribution in [0, 0.1) is 11.8 Å². The van der Waals surface area contributed by atoms with Crippen molar-refractivity contribution in [2.45, 2.75) is 52.6 Å². The molecule has 0 amide bonds. The molecule has 1 rings (SSSR count). The number of hydrogen-bond donors (Lipinski definition) is 1. The molecule has 1 N–H and O–H groups in total. The van der Waals surface area contributed by atoms with Crippen molar-refractivity contribution in [3.05, 3.63) is 0 Å². The van der Waals surface area contributed by atoms with Gasteiger partial charge in [0.15, 0.2) is 0 Å². The van der Waals surface area contributed by atoms with Gasteiger partial charge in [-0.2, -0.15) is 0 Å². The Bertz CT molecular complexity index is 161. The molecule has 0 aromatic heterocycles. The van der Waals surface area contributed by atoms with E-state index < -0.39 is 0 Å². The van der Waals surface area contributed by atoms with E-state index in [0.29, 0.717) is 6.10 Å². The first kappa shape index (κ1) is 13.0. The molecule has 1 aliphatic heterocycles. The maximum atomic E-state index is 5.68. The van der Waals surface area contributed by atoms with Gasteiger partial charge < -0.3 is 10.1 Å². The SMILES string of the molecule is CCCC(C)CNCC1CCOC1CC. The van der Waals surface area contributed by atoms with E-state index in [1.807, 2.05) is 0 Å². The van der Waals surface area contributed by atoms with Gasteiger partial charge in [-0.1, -0.05) is 27.2 Å². The number of ether oxygens (including phenoxy) is 1. The first-order valence-corrected chi connectivity index (χ1v) is 6.60. The van der Waals surface area contributed by atoms with Crippen molar-refractivity contribution in [3.63, 3.8) is 0 Å². The molecule has 0 aromatic rings. The van der Waals surface area contributed by atoms with Crippen LogP contribution >= 0.6 is 0 Å². The van der Waals surface area contributed by atoms with Crippen LogP contribution in [0.4, 0.5) is 0 Å². The van der Waals surface area contributed by atoms with Crippen LogP contribution in [-0.4, -0.2) is 25.8 Å². The van der Waals surface area contributed by atoms with E-state index in [1.54, 1.807) is 0 Å². The molecule has 2 nitrogen and oxygen atoms in total.